The highest BCUT2D eigenvalue weighted by atomic mass is 35.5. The number of nitrogens with zero attached hydrogens (tertiary/aromatic N) is 6. The van der Waals surface area contributed by atoms with Crippen LogP contribution in [0.3, 0.4) is 0 Å². The van der Waals surface area contributed by atoms with E-state index in [4.69, 9.17) is 28.2 Å². The molecule has 3 aromatic rings. The van der Waals surface area contributed by atoms with E-state index in [2.05, 4.69) is 33.3 Å². The molecule has 0 amide bonds. The third-order valence-corrected chi connectivity index (χ3v) is 9.34. The van der Waals surface area contributed by atoms with Crippen molar-refractivity contribution in [2.75, 3.05) is 19.6 Å². The van der Waals surface area contributed by atoms with Crippen molar-refractivity contribution in [3.05, 3.63) is 57.3 Å². The Morgan fingerprint density at radius 2 is 1.93 bits per heavy atom. The Bertz CT molecular complexity index is 1450. The number of alkyl halides is 2. The molecule has 1 aromatic carbocycles. The summed E-state index contributed by atoms with van der Waals surface area (Å²) < 4.78 is 31.3. The molecule has 0 radical (unpaired) electrons. The predicted molar refractivity (Wildman–Crippen MR) is 157 cm³/mol. The van der Waals surface area contributed by atoms with Crippen molar-refractivity contribution < 1.29 is 8.78 Å². The van der Waals surface area contributed by atoms with Crippen LogP contribution in [-0.2, 0) is 0 Å². The molecule has 0 spiro atoms. The van der Waals surface area contributed by atoms with Gasteiger partial charge in [-0.05, 0) is 68.8 Å². The Kier molecular flexibility index (Phi) is 8.90. The zero-order valence-corrected chi connectivity index (χ0v) is 24.8. The number of fused-ring (bicyclic) bond motifs is 4. The van der Waals surface area contributed by atoms with Gasteiger partial charge in [-0.15, -0.1) is 5.10 Å². The van der Waals surface area contributed by atoms with Crippen LogP contribution in [-0.4, -0.2) is 73.9 Å². The predicted octanol–water partition coefficient (Wildman–Crippen LogP) is 3.90. The lowest BCUT2D eigenvalue weighted by atomic mass is 9.79. The molecule has 3 saturated heterocycles. The van der Waals surface area contributed by atoms with E-state index in [9.17, 15) is 13.6 Å². The molecule has 6 rings (SSSR count). The second-order valence-electron chi connectivity index (χ2n) is 11.7. The van der Waals surface area contributed by atoms with Crippen molar-refractivity contribution in [1.82, 2.24) is 45.6 Å². The summed E-state index contributed by atoms with van der Waals surface area (Å²) in [6.45, 7) is 1.56. The van der Waals surface area contributed by atoms with E-state index in [1.165, 1.54) is 10.7 Å². The van der Waals surface area contributed by atoms with E-state index < -0.39 is 6.55 Å². The van der Waals surface area contributed by atoms with Crippen LogP contribution in [0.2, 0.25) is 10.2 Å². The van der Waals surface area contributed by atoms with Gasteiger partial charge in [0.05, 0.1) is 29.9 Å². The van der Waals surface area contributed by atoms with E-state index in [-0.39, 0.29) is 40.8 Å². The normalized spacial score (nSPS) is 29.2. The molecule has 3 N–H and O–H groups in total. The topological polar surface area (TPSA) is 105 Å². The van der Waals surface area contributed by atoms with Crippen LogP contribution >= 0.6 is 23.2 Å². The lowest BCUT2D eigenvalue weighted by molar-refractivity contribution is -0.0841. The van der Waals surface area contributed by atoms with E-state index in [0.29, 0.717) is 47.4 Å². The average Bonchev–Trinajstić information content (AvgIpc) is 3.60. The van der Waals surface area contributed by atoms with Crippen LogP contribution in [0.4, 0.5) is 8.78 Å². The highest BCUT2D eigenvalue weighted by molar-refractivity contribution is 6.31. The fourth-order valence-electron chi connectivity index (χ4n) is 6.90. The van der Waals surface area contributed by atoms with Crippen LogP contribution in [0, 0.1) is 11.8 Å². The molecule has 5 heterocycles. The summed E-state index contributed by atoms with van der Waals surface area (Å²) in [4.78, 5) is 18.5. The summed E-state index contributed by atoms with van der Waals surface area (Å²) in [6, 6.07) is 6.15. The number of hydrogen-bond donors (Lipinski definition) is 3. The molecular weight excluding hydrogens is 587 g/mol. The van der Waals surface area contributed by atoms with Crippen molar-refractivity contribution >= 4 is 23.2 Å². The summed E-state index contributed by atoms with van der Waals surface area (Å²) in [5.41, 5.74) is 4.47. The molecule has 10 nitrogen and oxygen atoms in total. The first-order valence-corrected chi connectivity index (χ1v) is 15.3. The zero-order valence-electron chi connectivity index (χ0n) is 23.3. The van der Waals surface area contributed by atoms with Crippen molar-refractivity contribution in [3.63, 3.8) is 0 Å². The van der Waals surface area contributed by atoms with Gasteiger partial charge in [0, 0.05) is 41.3 Å². The minimum atomic E-state index is -2.58. The third-order valence-electron chi connectivity index (χ3n) is 8.93. The maximum Gasteiger partial charge on any atom is 0.307 e. The molecule has 0 saturated carbocycles. The highest BCUT2D eigenvalue weighted by Crippen LogP contribution is 2.35. The number of piperidine rings is 1. The average molecular weight is 623 g/mol. The summed E-state index contributed by atoms with van der Waals surface area (Å²) in [6.07, 6.45) is 7.34. The molecule has 0 aliphatic carbocycles. The highest BCUT2D eigenvalue weighted by Gasteiger charge is 2.45. The number of hydrazine groups is 1. The molecule has 3 aliphatic heterocycles. The van der Waals surface area contributed by atoms with Crippen molar-refractivity contribution in [1.29, 1.82) is 0 Å². The van der Waals surface area contributed by atoms with Gasteiger partial charge in [-0.3, -0.25) is 9.36 Å². The maximum absolute atomic E-state index is 14.1. The molecular formula is C28H35Cl2F2N9O. The van der Waals surface area contributed by atoms with E-state index in [0.717, 1.165) is 37.2 Å². The zero-order chi connectivity index (χ0) is 29.4. The Labute approximate surface area is 252 Å². The van der Waals surface area contributed by atoms with Crippen LogP contribution in [0.1, 0.15) is 45.1 Å². The molecule has 14 heteroatoms. The van der Waals surface area contributed by atoms with Gasteiger partial charge < -0.3 is 10.6 Å². The van der Waals surface area contributed by atoms with Crippen molar-refractivity contribution in [2.45, 2.75) is 69.7 Å². The molecule has 3 aliphatic rings. The van der Waals surface area contributed by atoms with Crippen LogP contribution in [0.25, 0.3) is 16.9 Å². The Morgan fingerprint density at radius 1 is 1.07 bits per heavy atom. The first kappa shape index (κ1) is 29.6. The summed E-state index contributed by atoms with van der Waals surface area (Å²) in [7, 11) is 0. The fraction of sp³-hybridized carbons (Fsp3) is 0.571. The van der Waals surface area contributed by atoms with Gasteiger partial charge in [0.2, 0.25) is 0 Å². The summed E-state index contributed by atoms with van der Waals surface area (Å²) in [5, 5.41) is 17.0. The molecule has 226 valence electrons. The lowest BCUT2D eigenvalue weighted by Gasteiger charge is -2.42. The summed E-state index contributed by atoms with van der Waals surface area (Å²) in [5.74, 6) is 0.421. The van der Waals surface area contributed by atoms with Gasteiger partial charge in [0.1, 0.15) is 0 Å². The van der Waals surface area contributed by atoms with Gasteiger partial charge in [-0.25, -0.2) is 15.1 Å². The molecule has 2 bridgehead atoms. The minimum absolute atomic E-state index is 0.0430. The van der Waals surface area contributed by atoms with Crippen LogP contribution in [0.15, 0.2) is 41.6 Å². The second-order valence-corrected chi connectivity index (χ2v) is 12.5. The van der Waals surface area contributed by atoms with Gasteiger partial charge in [-0.1, -0.05) is 41.8 Å². The Hall–Kier alpha value is -2.48. The van der Waals surface area contributed by atoms with E-state index in [1.54, 1.807) is 35.3 Å². The van der Waals surface area contributed by atoms with E-state index >= 15 is 0 Å². The Balaban J connectivity index is 1.33. The maximum atomic E-state index is 14.1. The largest absolute Gasteiger partial charge is 0.312 e. The van der Waals surface area contributed by atoms with Crippen molar-refractivity contribution in [2.24, 2.45) is 11.8 Å². The number of nitrogens with one attached hydrogen (secondary N) is 3. The number of aromatic nitrogens is 5. The minimum Gasteiger partial charge on any atom is -0.312 e. The van der Waals surface area contributed by atoms with Gasteiger partial charge in [0.15, 0.2) is 5.15 Å². The molecule has 42 heavy (non-hydrogen) atoms. The fourth-order valence-corrected chi connectivity index (χ4v) is 7.20. The number of hydrogen-bond acceptors (Lipinski definition) is 8. The molecule has 6 atom stereocenters. The van der Waals surface area contributed by atoms with Crippen molar-refractivity contribution in [3.8, 4) is 16.9 Å². The standard InChI is InChI=1S/C28H35Cl2F2N9O/c1-16-3-2-4-24(21-9-17(7-8-33-21)27-22(34-12-16)13-36-41(27)28(31)32)39-15-35-20(11-26(39)42)19-10-18(29)5-6-23(19)40-14-25(30)37-38-40/h5-6,10-11,14-17,21-22,24,27-28,33-34,36H,2-4,7-9,12-13H2,1H3/t16-,17?,21?,22?,24+,27?/m1/s1. The lowest BCUT2D eigenvalue weighted by Crippen LogP contribution is -2.56. The molecule has 4 unspecified atom stereocenters. The van der Waals surface area contributed by atoms with E-state index in [1.807, 2.05) is 0 Å². The smallest absolute Gasteiger partial charge is 0.307 e. The Morgan fingerprint density at radius 3 is 2.69 bits per heavy atom. The first-order valence-electron chi connectivity index (χ1n) is 14.5. The molecule has 2 aromatic heterocycles. The summed E-state index contributed by atoms with van der Waals surface area (Å²) >= 11 is 12.3. The number of rotatable bonds is 4. The first-order chi connectivity index (χ1) is 20.3. The van der Waals surface area contributed by atoms with Gasteiger partial charge in [-0.2, -0.15) is 13.8 Å². The van der Waals surface area contributed by atoms with Gasteiger partial charge in [0.25, 0.3) is 5.56 Å². The van der Waals surface area contributed by atoms with Crippen LogP contribution < -0.4 is 21.6 Å². The molecule has 3 fully saturated rings. The number of benzene rings is 1. The van der Waals surface area contributed by atoms with Gasteiger partial charge >= 0.3 is 6.55 Å². The SMILES string of the molecule is C[C@@H]1CCC[C@H](n2cnc(-c3cc(Cl)ccc3-n3cc(Cl)nn3)cc2=O)C2CC(CCN2)C2C(CNN2C(F)F)NC1. The second kappa shape index (κ2) is 12.6. The quantitative estimate of drug-likeness (QED) is 0.377. The number of halogens is 4. The monoisotopic (exact) mass is 621 g/mol. The third kappa shape index (κ3) is 6.11. The van der Waals surface area contributed by atoms with Crippen LogP contribution in [0.5, 0.6) is 0 Å².